The SMILES string of the molecule is CCC(C)(C)C(O)OC(C)OC1CCCCC1. The van der Waals surface area contributed by atoms with Crippen LogP contribution in [0.4, 0.5) is 0 Å². The number of aliphatic hydroxyl groups excluding tert-OH is 1. The van der Waals surface area contributed by atoms with Crippen LogP contribution in [0.2, 0.25) is 0 Å². The molecule has 3 heteroatoms. The zero-order valence-corrected chi connectivity index (χ0v) is 11.7. The van der Waals surface area contributed by atoms with E-state index in [2.05, 4.69) is 6.92 Å². The van der Waals surface area contributed by atoms with Crippen LogP contribution in [0.1, 0.15) is 66.2 Å². The van der Waals surface area contributed by atoms with Gasteiger partial charge in [-0.15, -0.1) is 0 Å². The van der Waals surface area contributed by atoms with Crippen molar-refractivity contribution in [3.63, 3.8) is 0 Å². The van der Waals surface area contributed by atoms with Crippen LogP contribution in [0.5, 0.6) is 0 Å². The van der Waals surface area contributed by atoms with Crippen molar-refractivity contribution in [2.45, 2.75) is 84.9 Å². The third-order valence-corrected chi connectivity index (χ3v) is 3.84. The van der Waals surface area contributed by atoms with E-state index in [0.29, 0.717) is 6.10 Å². The minimum Gasteiger partial charge on any atom is -0.367 e. The molecule has 2 unspecified atom stereocenters. The van der Waals surface area contributed by atoms with E-state index in [1.807, 2.05) is 20.8 Å². The molecular formula is C14H28O3. The Balaban J connectivity index is 2.30. The highest BCUT2D eigenvalue weighted by atomic mass is 16.7. The van der Waals surface area contributed by atoms with Crippen LogP contribution in [0.25, 0.3) is 0 Å². The topological polar surface area (TPSA) is 38.7 Å². The first kappa shape index (κ1) is 14.9. The first-order valence-corrected chi connectivity index (χ1v) is 6.94. The zero-order chi connectivity index (χ0) is 12.9. The number of aliphatic hydroxyl groups is 1. The fraction of sp³-hybridized carbons (Fsp3) is 1.00. The molecule has 0 bridgehead atoms. The molecule has 0 saturated heterocycles. The summed E-state index contributed by atoms with van der Waals surface area (Å²) in [6.45, 7) is 7.94. The third-order valence-electron chi connectivity index (χ3n) is 3.84. The van der Waals surface area contributed by atoms with Crippen LogP contribution >= 0.6 is 0 Å². The molecule has 1 rings (SSSR count). The van der Waals surface area contributed by atoms with Gasteiger partial charge in [0.15, 0.2) is 12.6 Å². The maximum absolute atomic E-state index is 9.97. The minimum atomic E-state index is -0.758. The molecule has 1 aliphatic rings. The maximum Gasteiger partial charge on any atom is 0.162 e. The molecule has 0 amide bonds. The van der Waals surface area contributed by atoms with Crippen LogP contribution < -0.4 is 0 Å². The maximum atomic E-state index is 9.97. The number of rotatable bonds is 6. The Morgan fingerprint density at radius 3 is 2.35 bits per heavy atom. The lowest BCUT2D eigenvalue weighted by molar-refractivity contribution is -0.268. The van der Waals surface area contributed by atoms with E-state index in [1.165, 1.54) is 19.3 Å². The number of ether oxygens (including phenoxy) is 2. The van der Waals surface area contributed by atoms with Crippen molar-refractivity contribution in [3.8, 4) is 0 Å². The van der Waals surface area contributed by atoms with E-state index in [9.17, 15) is 5.11 Å². The number of hydrogen-bond acceptors (Lipinski definition) is 3. The summed E-state index contributed by atoms with van der Waals surface area (Å²) in [7, 11) is 0. The van der Waals surface area contributed by atoms with E-state index >= 15 is 0 Å². The highest BCUT2D eigenvalue weighted by Crippen LogP contribution is 2.27. The van der Waals surface area contributed by atoms with Crippen molar-refractivity contribution in [2.75, 3.05) is 0 Å². The van der Waals surface area contributed by atoms with Gasteiger partial charge in [-0.2, -0.15) is 0 Å². The standard InChI is InChI=1S/C14H28O3/c1-5-14(3,4)13(15)17-11(2)16-12-9-7-6-8-10-12/h11-13,15H,5-10H2,1-4H3. The lowest BCUT2D eigenvalue weighted by atomic mass is 9.89. The van der Waals surface area contributed by atoms with Crippen LogP contribution in [-0.2, 0) is 9.47 Å². The Labute approximate surface area is 105 Å². The van der Waals surface area contributed by atoms with Crippen molar-refractivity contribution < 1.29 is 14.6 Å². The summed E-state index contributed by atoms with van der Waals surface area (Å²) in [6.07, 6.45) is 6.19. The van der Waals surface area contributed by atoms with Gasteiger partial charge in [0.25, 0.3) is 0 Å². The van der Waals surface area contributed by atoms with Crippen LogP contribution in [-0.4, -0.2) is 23.8 Å². The predicted octanol–water partition coefficient (Wildman–Crippen LogP) is 3.45. The molecule has 0 spiro atoms. The molecule has 102 valence electrons. The van der Waals surface area contributed by atoms with E-state index in [0.717, 1.165) is 19.3 Å². The third kappa shape index (κ3) is 4.94. The average molecular weight is 244 g/mol. The fourth-order valence-corrected chi connectivity index (χ4v) is 2.04. The van der Waals surface area contributed by atoms with Gasteiger partial charge in [0, 0.05) is 5.41 Å². The largest absolute Gasteiger partial charge is 0.367 e. The molecule has 17 heavy (non-hydrogen) atoms. The van der Waals surface area contributed by atoms with E-state index in [4.69, 9.17) is 9.47 Å². The molecule has 1 fully saturated rings. The lowest BCUT2D eigenvalue weighted by Gasteiger charge is -2.33. The number of hydrogen-bond donors (Lipinski definition) is 1. The Hall–Kier alpha value is -0.120. The summed E-state index contributed by atoms with van der Waals surface area (Å²) in [6, 6.07) is 0. The van der Waals surface area contributed by atoms with Gasteiger partial charge >= 0.3 is 0 Å². The minimum absolute atomic E-state index is 0.218. The summed E-state index contributed by atoms with van der Waals surface area (Å²) < 4.78 is 11.4. The van der Waals surface area contributed by atoms with Crippen molar-refractivity contribution in [2.24, 2.45) is 5.41 Å². The van der Waals surface area contributed by atoms with Gasteiger partial charge in [-0.1, -0.05) is 40.0 Å². The van der Waals surface area contributed by atoms with Crippen LogP contribution in [0.15, 0.2) is 0 Å². The fourth-order valence-electron chi connectivity index (χ4n) is 2.04. The summed E-state index contributed by atoms with van der Waals surface area (Å²) in [5.41, 5.74) is -0.218. The van der Waals surface area contributed by atoms with Crippen molar-refractivity contribution in [1.29, 1.82) is 0 Å². The van der Waals surface area contributed by atoms with Gasteiger partial charge in [0.1, 0.15) is 0 Å². The summed E-state index contributed by atoms with van der Waals surface area (Å²) in [4.78, 5) is 0. The second-order valence-corrected chi connectivity index (χ2v) is 5.79. The Bertz CT molecular complexity index is 210. The molecule has 3 nitrogen and oxygen atoms in total. The Morgan fingerprint density at radius 1 is 1.24 bits per heavy atom. The normalized spacial score (nSPS) is 22.4. The Kier molecular flexibility index (Phi) is 5.90. The summed E-state index contributed by atoms with van der Waals surface area (Å²) in [5, 5.41) is 9.97. The molecule has 0 aromatic carbocycles. The van der Waals surface area contributed by atoms with Gasteiger partial charge in [0.2, 0.25) is 0 Å². The quantitative estimate of drug-likeness (QED) is 0.727. The monoisotopic (exact) mass is 244 g/mol. The smallest absolute Gasteiger partial charge is 0.162 e. The second kappa shape index (κ2) is 6.72. The molecule has 2 atom stereocenters. The first-order valence-electron chi connectivity index (χ1n) is 6.94. The van der Waals surface area contributed by atoms with E-state index < -0.39 is 6.29 Å². The van der Waals surface area contributed by atoms with Gasteiger partial charge in [-0.3, -0.25) is 0 Å². The van der Waals surface area contributed by atoms with Gasteiger partial charge in [-0.05, 0) is 26.2 Å². The highest BCUT2D eigenvalue weighted by Gasteiger charge is 2.29. The van der Waals surface area contributed by atoms with E-state index in [1.54, 1.807) is 0 Å². The molecule has 0 radical (unpaired) electrons. The van der Waals surface area contributed by atoms with Crippen LogP contribution in [0, 0.1) is 5.41 Å². The molecule has 0 aromatic rings. The van der Waals surface area contributed by atoms with Gasteiger partial charge in [0.05, 0.1) is 6.10 Å². The predicted molar refractivity (Wildman–Crippen MR) is 68.6 cm³/mol. The van der Waals surface area contributed by atoms with Crippen LogP contribution in [0.3, 0.4) is 0 Å². The molecule has 1 saturated carbocycles. The van der Waals surface area contributed by atoms with Crippen molar-refractivity contribution >= 4 is 0 Å². The van der Waals surface area contributed by atoms with Gasteiger partial charge in [-0.25, -0.2) is 0 Å². The zero-order valence-electron chi connectivity index (χ0n) is 11.7. The molecular weight excluding hydrogens is 216 g/mol. The Morgan fingerprint density at radius 2 is 1.82 bits per heavy atom. The molecule has 1 N–H and O–H groups in total. The van der Waals surface area contributed by atoms with E-state index in [-0.39, 0.29) is 11.7 Å². The highest BCUT2D eigenvalue weighted by molar-refractivity contribution is 4.70. The van der Waals surface area contributed by atoms with Gasteiger partial charge < -0.3 is 14.6 Å². The summed E-state index contributed by atoms with van der Waals surface area (Å²) >= 11 is 0. The molecule has 0 heterocycles. The molecule has 0 aromatic heterocycles. The molecule has 1 aliphatic carbocycles. The second-order valence-electron chi connectivity index (χ2n) is 5.79. The van der Waals surface area contributed by atoms with Crippen molar-refractivity contribution in [1.82, 2.24) is 0 Å². The average Bonchev–Trinajstić information content (AvgIpc) is 2.30. The summed E-state index contributed by atoms with van der Waals surface area (Å²) in [5.74, 6) is 0. The van der Waals surface area contributed by atoms with Crippen molar-refractivity contribution in [3.05, 3.63) is 0 Å². The lowest BCUT2D eigenvalue weighted by Crippen LogP contribution is -2.36. The molecule has 0 aliphatic heterocycles. The first-order chi connectivity index (χ1) is 7.95.